The van der Waals surface area contributed by atoms with Crippen molar-refractivity contribution in [2.75, 3.05) is 23.7 Å². The number of carbonyl (C=O) groups excluding carboxylic acids is 2. The van der Waals surface area contributed by atoms with Gasteiger partial charge in [-0.1, -0.05) is 91.7 Å². The first kappa shape index (κ1) is 33.6. The maximum absolute atomic E-state index is 14.2. The lowest BCUT2D eigenvalue weighted by Crippen LogP contribution is -2.53. The van der Waals surface area contributed by atoms with Gasteiger partial charge in [0.15, 0.2) is 0 Å². The molecule has 0 heterocycles. The quantitative estimate of drug-likeness (QED) is 0.150. The second-order valence-corrected chi connectivity index (χ2v) is 13.0. The Morgan fingerprint density at radius 2 is 1.44 bits per heavy atom. The molecule has 4 aromatic rings. The van der Waals surface area contributed by atoms with Crippen molar-refractivity contribution in [2.45, 2.75) is 38.8 Å². The number of halogens is 1. The van der Waals surface area contributed by atoms with E-state index in [2.05, 4.69) is 5.32 Å². The molecular formula is C35H38ClN3O5S. The molecule has 0 fully saturated rings. The number of anilines is 1. The van der Waals surface area contributed by atoms with Crippen molar-refractivity contribution in [3.05, 3.63) is 125 Å². The summed E-state index contributed by atoms with van der Waals surface area (Å²) in [6, 6.07) is 31.3. The fourth-order valence-corrected chi connectivity index (χ4v) is 5.83. The monoisotopic (exact) mass is 647 g/mol. The molecule has 0 spiro atoms. The number of hydrogen-bond donors (Lipinski definition) is 1. The Labute approximate surface area is 270 Å². The number of sulfonamides is 1. The maximum Gasteiger partial charge on any atom is 0.244 e. The summed E-state index contributed by atoms with van der Waals surface area (Å²) < 4.78 is 33.0. The molecule has 2 amide bonds. The van der Waals surface area contributed by atoms with E-state index in [1.54, 1.807) is 48.5 Å². The first-order valence-electron chi connectivity index (χ1n) is 14.8. The van der Waals surface area contributed by atoms with Crippen molar-refractivity contribution in [3.8, 4) is 11.5 Å². The Kier molecular flexibility index (Phi) is 12.0. The third-order valence-corrected chi connectivity index (χ3v) is 8.69. The second-order valence-electron chi connectivity index (χ2n) is 10.6. The lowest BCUT2D eigenvalue weighted by molar-refractivity contribution is -0.140. The highest BCUT2D eigenvalue weighted by Gasteiger charge is 2.33. The van der Waals surface area contributed by atoms with Gasteiger partial charge in [0.2, 0.25) is 21.8 Å². The minimum atomic E-state index is -3.90. The molecule has 1 atom stereocenters. The number of hydrogen-bond acceptors (Lipinski definition) is 5. The predicted molar refractivity (Wildman–Crippen MR) is 179 cm³/mol. The Hall–Kier alpha value is -4.34. The minimum absolute atomic E-state index is 0.0126. The van der Waals surface area contributed by atoms with Gasteiger partial charge >= 0.3 is 0 Å². The Morgan fingerprint density at radius 3 is 2.07 bits per heavy atom. The van der Waals surface area contributed by atoms with E-state index in [9.17, 15) is 18.0 Å². The van der Waals surface area contributed by atoms with Gasteiger partial charge in [0.25, 0.3) is 0 Å². The normalized spacial score (nSPS) is 11.8. The van der Waals surface area contributed by atoms with Crippen LogP contribution in [0.25, 0.3) is 0 Å². The van der Waals surface area contributed by atoms with E-state index in [1.165, 1.54) is 4.90 Å². The van der Waals surface area contributed by atoms with Crippen LogP contribution >= 0.6 is 11.6 Å². The summed E-state index contributed by atoms with van der Waals surface area (Å²) in [5.74, 6) is 0.284. The summed E-state index contributed by atoms with van der Waals surface area (Å²) in [5, 5.41) is 3.41. The van der Waals surface area contributed by atoms with E-state index in [-0.39, 0.29) is 24.6 Å². The summed E-state index contributed by atoms with van der Waals surface area (Å²) >= 11 is 6.51. The molecule has 0 saturated carbocycles. The topological polar surface area (TPSA) is 96.0 Å². The van der Waals surface area contributed by atoms with Crippen molar-refractivity contribution >= 4 is 39.1 Å². The van der Waals surface area contributed by atoms with E-state index in [1.807, 2.05) is 67.6 Å². The molecule has 0 bridgehead atoms. The molecule has 1 N–H and O–H groups in total. The van der Waals surface area contributed by atoms with E-state index in [0.29, 0.717) is 28.6 Å². The molecule has 4 aromatic carbocycles. The van der Waals surface area contributed by atoms with Gasteiger partial charge in [0, 0.05) is 24.5 Å². The Balaban J connectivity index is 1.67. The number of nitrogens with zero attached hydrogens (tertiary/aromatic N) is 2. The summed E-state index contributed by atoms with van der Waals surface area (Å²) in [6.07, 6.45) is 2.96. The van der Waals surface area contributed by atoms with Crippen LogP contribution in [-0.4, -0.2) is 50.5 Å². The first-order chi connectivity index (χ1) is 21.7. The third-order valence-electron chi connectivity index (χ3n) is 7.18. The van der Waals surface area contributed by atoms with Crippen molar-refractivity contribution < 1.29 is 22.7 Å². The van der Waals surface area contributed by atoms with Gasteiger partial charge in [-0.2, -0.15) is 0 Å². The van der Waals surface area contributed by atoms with Crippen molar-refractivity contribution in [3.63, 3.8) is 0 Å². The van der Waals surface area contributed by atoms with Crippen LogP contribution in [0, 0.1) is 0 Å². The van der Waals surface area contributed by atoms with Crippen LogP contribution < -0.4 is 14.4 Å². The highest BCUT2D eigenvalue weighted by Crippen LogP contribution is 2.27. The van der Waals surface area contributed by atoms with Gasteiger partial charge in [-0.05, 0) is 60.0 Å². The van der Waals surface area contributed by atoms with Crippen molar-refractivity contribution in [2.24, 2.45) is 0 Å². The summed E-state index contributed by atoms with van der Waals surface area (Å²) in [5.41, 5.74) is 1.79. The average Bonchev–Trinajstić information content (AvgIpc) is 3.03. The van der Waals surface area contributed by atoms with Crippen LogP contribution in [0.1, 0.15) is 30.9 Å². The van der Waals surface area contributed by atoms with Crippen LogP contribution in [0.3, 0.4) is 0 Å². The predicted octanol–water partition coefficient (Wildman–Crippen LogP) is 6.45. The van der Waals surface area contributed by atoms with Gasteiger partial charge in [0.1, 0.15) is 24.1 Å². The number of ether oxygens (including phenoxy) is 1. The molecule has 0 aliphatic rings. The lowest BCUT2D eigenvalue weighted by Gasteiger charge is -2.33. The second kappa shape index (κ2) is 16.1. The molecule has 45 heavy (non-hydrogen) atoms. The molecular weight excluding hydrogens is 610 g/mol. The van der Waals surface area contributed by atoms with E-state index < -0.39 is 28.5 Å². The fraction of sp³-hybridized carbons (Fsp3) is 0.257. The molecule has 0 aromatic heterocycles. The zero-order chi connectivity index (χ0) is 32.2. The number of carbonyl (C=O) groups is 2. The number of amides is 2. The van der Waals surface area contributed by atoms with E-state index in [0.717, 1.165) is 29.0 Å². The van der Waals surface area contributed by atoms with Gasteiger partial charge in [-0.15, -0.1) is 0 Å². The molecule has 0 radical (unpaired) electrons. The number of rotatable bonds is 15. The zero-order valence-corrected chi connectivity index (χ0v) is 27.0. The molecule has 10 heteroatoms. The Morgan fingerprint density at radius 1 is 0.844 bits per heavy atom. The third kappa shape index (κ3) is 9.83. The number of nitrogens with one attached hydrogen (secondary N) is 1. The van der Waals surface area contributed by atoms with Crippen LogP contribution in [0.2, 0.25) is 5.02 Å². The van der Waals surface area contributed by atoms with E-state index in [4.69, 9.17) is 16.3 Å². The van der Waals surface area contributed by atoms with E-state index >= 15 is 0 Å². The fourth-order valence-electron chi connectivity index (χ4n) is 4.79. The molecule has 4 rings (SSSR count). The number of benzene rings is 4. The molecule has 0 aliphatic carbocycles. The highest BCUT2D eigenvalue weighted by atomic mass is 35.5. The molecule has 0 saturated heterocycles. The first-order valence-corrected chi connectivity index (χ1v) is 17.0. The molecule has 0 aliphatic heterocycles. The van der Waals surface area contributed by atoms with Gasteiger partial charge in [-0.25, -0.2) is 8.42 Å². The van der Waals surface area contributed by atoms with Gasteiger partial charge in [0.05, 0.1) is 11.9 Å². The number of unbranched alkanes of at least 4 members (excludes halogenated alkanes) is 1. The summed E-state index contributed by atoms with van der Waals surface area (Å²) in [4.78, 5) is 29.4. The van der Waals surface area contributed by atoms with Gasteiger partial charge < -0.3 is 15.0 Å². The summed E-state index contributed by atoms with van der Waals surface area (Å²) in [7, 11) is -3.90. The zero-order valence-electron chi connectivity index (χ0n) is 25.4. The van der Waals surface area contributed by atoms with Gasteiger partial charge in [-0.3, -0.25) is 13.9 Å². The molecule has 0 unspecified atom stereocenters. The number of para-hydroxylation sites is 1. The summed E-state index contributed by atoms with van der Waals surface area (Å²) in [6.45, 7) is 1.98. The van der Waals surface area contributed by atoms with Crippen LogP contribution in [-0.2, 0) is 32.6 Å². The van der Waals surface area contributed by atoms with Crippen molar-refractivity contribution in [1.29, 1.82) is 0 Å². The standard InChI is InChI=1S/C35H38ClN3O5S/c1-3-4-23-37-35(41)33(24-27-13-7-5-8-14-27)38(25-28-15-11-12-18-32(28)36)34(40)26-39(45(2,42)43)29-19-21-31(22-20-29)44-30-16-9-6-10-17-30/h5-22,33H,3-4,23-26H2,1-2H3,(H,37,41)/t33-/m0/s1. The minimum Gasteiger partial charge on any atom is -0.457 e. The highest BCUT2D eigenvalue weighted by molar-refractivity contribution is 7.92. The van der Waals surface area contributed by atoms with Crippen LogP contribution in [0.4, 0.5) is 5.69 Å². The van der Waals surface area contributed by atoms with Crippen LogP contribution in [0.15, 0.2) is 109 Å². The molecule has 236 valence electrons. The smallest absolute Gasteiger partial charge is 0.244 e. The van der Waals surface area contributed by atoms with Crippen LogP contribution in [0.5, 0.6) is 11.5 Å². The van der Waals surface area contributed by atoms with Crippen molar-refractivity contribution in [1.82, 2.24) is 10.2 Å². The largest absolute Gasteiger partial charge is 0.457 e. The SMILES string of the molecule is CCCCNC(=O)[C@H](Cc1ccccc1)N(Cc1ccccc1Cl)C(=O)CN(c1ccc(Oc2ccccc2)cc1)S(C)(=O)=O. The molecule has 8 nitrogen and oxygen atoms in total. The Bertz CT molecular complexity index is 1650. The average molecular weight is 648 g/mol. The lowest BCUT2D eigenvalue weighted by atomic mass is 10.0. The maximum atomic E-state index is 14.2.